The molecule has 4 heteroatoms. The molecule has 0 aromatic heterocycles. The van der Waals surface area contributed by atoms with Crippen molar-refractivity contribution in [3.63, 3.8) is 0 Å². The van der Waals surface area contributed by atoms with E-state index in [0.29, 0.717) is 0 Å². The predicted octanol–water partition coefficient (Wildman–Crippen LogP) is -1.16. The van der Waals surface area contributed by atoms with Gasteiger partial charge in [-0.25, -0.2) is 0 Å². The lowest BCUT2D eigenvalue weighted by Gasteiger charge is -2.17. The van der Waals surface area contributed by atoms with Crippen molar-refractivity contribution in [3.8, 4) is 0 Å². The Morgan fingerprint density at radius 2 is 1.91 bits per heavy atom. The molecule has 4 nitrogen and oxygen atoms in total. The minimum atomic E-state index is -1.40. The minimum absolute atomic E-state index is 0.0880. The monoisotopic (exact) mass is 160 g/mol. The fraction of sp³-hybridized carbons (Fsp3) is 0.571. The Morgan fingerprint density at radius 3 is 2.18 bits per heavy atom. The Labute approximate surface area is 64.8 Å². The summed E-state index contributed by atoms with van der Waals surface area (Å²) in [6, 6.07) is 0. The number of aliphatic hydroxyl groups is 3. The van der Waals surface area contributed by atoms with Crippen LogP contribution in [0.4, 0.5) is 0 Å². The molecule has 11 heavy (non-hydrogen) atoms. The van der Waals surface area contributed by atoms with Crippen LogP contribution in [0.25, 0.3) is 0 Å². The molecule has 0 aliphatic heterocycles. The van der Waals surface area contributed by atoms with Gasteiger partial charge in [-0.05, 0) is 12.5 Å². The number of carbonyl (C=O) groups is 1. The van der Waals surface area contributed by atoms with E-state index in [-0.39, 0.29) is 11.9 Å². The molecular formula is C7H12O4. The summed E-state index contributed by atoms with van der Waals surface area (Å²) >= 11 is 0. The summed E-state index contributed by atoms with van der Waals surface area (Å²) in [5.41, 5.74) is -0.0880. The van der Waals surface area contributed by atoms with Crippen LogP contribution in [0.3, 0.4) is 0 Å². The predicted molar refractivity (Wildman–Crippen MR) is 38.9 cm³/mol. The van der Waals surface area contributed by atoms with E-state index >= 15 is 0 Å². The van der Waals surface area contributed by atoms with Gasteiger partial charge in [0.1, 0.15) is 12.2 Å². The maximum atomic E-state index is 9.97. The Morgan fingerprint density at radius 1 is 1.45 bits per heavy atom. The van der Waals surface area contributed by atoms with Gasteiger partial charge in [0.25, 0.3) is 0 Å². The summed E-state index contributed by atoms with van der Waals surface area (Å²) in [5, 5.41) is 26.6. The number of hydrogen-bond donors (Lipinski definition) is 3. The van der Waals surface area contributed by atoms with Crippen LogP contribution in [-0.2, 0) is 4.79 Å². The average Bonchev–Trinajstić information content (AvgIpc) is 2.00. The average molecular weight is 160 g/mol. The largest absolute Gasteiger partial charge is 0.390 e. The van der Waals surface area contributed by atoms with Crippen LogP contribution in [0.2, 0.25) is 0 Å². The van der Waals surface area contributed by atoms with Crippen molar-refractivity contribution >= 4 is 6.29 Å². The first-order chi connectivity index (χ1) is 5.00. The van der Waals surface area contributed by atoms with Crippen molar-refractivity contribution in [1.82, 2.24) is 0 Å². The van der Waals surface area contributed by atoms with Crippen LogP contribution >= 0.6 is 0 Å². The second kappa shape index (κ2) is 4.23. The van der Waals surface area contributed by atoms with Crippen LogP contribution in [0.5, 0.6) is 0 Å². The molecule has 0 unspecified atom stereocenters. The van der Waals surface area contributed by atoms with E-state index in [1.54, 1.807) is 0 Å². The molecule has 0 radical (unpaired) electrons. The molecule has 0 amide bonds. The molecule has 3 atom stereocenters. The Bertz CT molecular complexity index is 153. The molecular weight excluding hydrogens is 148 g/mol. The van der Waals surface area contributed by atoms with Crippen molar-refractivity contribution in [2.24, 2.45) is 0 Å². The first-order valence-electron chi connectivity index (χ1n) is 3.19. The fourth-order valence-electron chi connectivity index (χ4n) is 0.572. The smallest absolute Gasteiger partial charge is 0.152 e. The highest BCUT2D eigenvalue weighted by Gasteiger charge is 2.20. The molecule has 0 fully saturated rings. The Hall–Kier alpha value is -0.710. The zero-order chi connectivity index (χ0) is 9.02. The standard InChI is InChI=1S/C7H12O4/c1-4(6(10)3-8)7(11)5(2)9/h3,5-7,9-11H,1H2,2H3/t5-,6+,7+/m1/s1. The first kappa shape index (κ1) is 10.3. The van der Waals surface area contributed by atoms with Crippen LogP contribution in [0.15, 0.2) is 12.2 Å². The molecule has 0 aromatic carbocycles. The number of rotatable bonds is 4. The molecule has 0 aliphatic carbocycles. The number of aliphatic hydroxyl groups excluding tert-OH is 3. The lowest BCUT2D eigenvalue weighted by Crippen LogP contribution is -2.30. The molecule has 0 saturated carbocycles. The second-order valence-electron chi connectivity index (χ2n) is 2.34. The van der Waals surface area contributed by atoms with Gasteiger partial charge >= 0.3 is 0 Å². The molecule has 64 valence electrons. The van der Waals surface area contributed by atoms with E-state index in [1.165, 1.54) is 6.92 Å². The van der Waals surface area contributed by atoms with E-state index in [1.807, 2.05) is 0 Å². The summed E-state index contributed by atoms with van der Waals surface area (Å²) in [6.07, 6.45) is -3.44. The maximum absolute atomic E-state index is 9.97. The first-order valence-corrected chi connectivity index (χ1v) is 3.19. The number of aldehydes is 1. The van der Waals surface area contributed by atoms with E-state index in [9.17, 15) is 4.79 Å². The van der Waals surface area contributed by atoms with Crippen molar-refractivity contribution in [3.05, 3.63) is 12.2 Å². The zero-order valence-electron chi connectivity index (χ0n) is 6.27. The summed E-state index contributed by atoms with van der Waals surface area (Å²) in [5.74, 6) is 0. The van der Waals surface area contributed by atoms with Gasteiger partial charge < -0.3 is 20.1 Å². The normalized spacial score (nSPS) is 18.5. The summed E-state index contributed by atoms with van der Waals surface area (Å²) in [4.78, 5) is 9.97. The van der Waals surface area contributed by atoms with E-state index < -0.39 is 18.3 Å². The van der Waals surface area contributed by atoms with Gasteiger partial charge in [0.15, 0.2) is 6.29 Å². The molecule has 0 spiro atoms. The highest BCUT2D eigenvalue weighted by Crippen LogP contribution is 2.07. The summed E-state index contributed by atoms with van der Waals surface area (Å²) in [7, 11) is 0. The lowest BCUT2D eigenvalue weighted by molar-refractivity contribution is -0.114. The fourth-order valence-corrected chi connectivity index (χ4v) is 0.572. The van der Waals surface area contributed by atoms with E-state index in [4.69, 9.17) is 15.3 Å². The maximum Gasteiger partial charge on any atom is 0.152 e. The van der Waals surface area contributed by atoms with E-state index in [2.05, 4.69) is 6.58 Å². The third-order valence-corrected chi connectivity index (χ3v) is 1.35. The highest BCUT2D eigenvalue weighted by molar-refractivity contribution is 5.61. The summed E-state index contributed by atoms with van der Waals surface area (Å²) in [6.45, 7) is 4.60. The molecule has 0 rings (SSSR count). The van der Waals surface area contributed by atoms with Gasteiger partial charge in [0.05, 0.1) is 6.10 Å². The van der Waals surface area contributed by atoms with Crippen molar-refractivity contribution in [2.75, 3.05) is 0 Å². The summed E-state index contributed by atoms with van der Waals surface area (Å²) < 4.78 is 0. The van der Waals surface area contributed by atoms with E-state index in [0.717, 1.165) is 0 Å². The molecule has 3 N–H and O–H groups in total. The van der Waals surface area contributed by atoms with Gasteiger partial charge in [-0.1, -0.05) is 6.58 Å². The van der Waals surface area contributed by atoms with Crippen LogP contribution in [0.1, 0.15) is 6.92 Å². The molecule has 0 aliphatic rings. The Balaban J connectivity index is 4.12. The van der Waals surface area contributed by atoms with Gasteiger partial charge in [0.2, 0.25) is 0 Å². The van der Waals surface area contributed by atoms with Gasteiger partial charge in [-0.15, -0.1) is 0 Å². The molecule has 0 saturated heterocycles. The quantitative estimate of drug-likeness (QED) is 0.358. The van der Waals surface area contributed by atoms with Crippen LogP contribution < -0.4 is 0 Å². The van der Waals surface area contributed by atoms with Crippen LogP contribution in [0, 0.1) is 0 Å². The topological polar surface area (TPSA) is 77.8 Å². The zero-order valence-corrected chi connectivity index (χ0v) is 6.27. The van der Waals surface area contributed by atoms with Crippen LogP contribution in [-0.4, -0.2) is 39.9 Å². The Kier molecular flexibility index (Phi) is 3.95. The third-order valence-electron chi connectivity index (χ3n) is 1.35. The van der Waals surface area contributed by atoms with Gasteiger partial charge in [-0.3, -0.25) is 0 Å². The molecule has 0 bridgehead atoms. The number of carbonyl (C=O) groups excluding carboxylic acids is 1. The third kappa shape index (κ3) is 2.80. The highest BCUT2D eigenvalue weighted by atomic mass is 16.3. The van der Waals surface area contributed by atoms with Gasteiger partial charge in [0, 0.05) is 0 Å². The van der Waals surface area contributed by atoms with Gasteiger partial charge in [-0.2, -0.15) is 0 Å². The SMILES string of the molecule is C=C([C@@H](O)C=O)[C@H](O)[C@@H](C)O. The number of hydrogen-bond acceptors (Lipinski definition) is 4. The molecule has 0 aromatic rings. The minimum Gasteiger partial charge on any atom is -0.390 e. The van der Waals surface area contributed by atoms with Crippen molar-refractivity contribution in [2.45, 2.75) is 25.2 Å². The second-order valence-corrected chi connectivity index (χ2v) is 2.34. The lowest BCUT2D eigenvalue weighted by atomic mass is 10.0. The van der Waals surface area contributed by atoms with Crippen molar-refractivity contribution in [1.29, 1.82) is 0 Å². The molecule has 0 heterocycles. The van der Waals surface area contributed by atoms with Crippen molar-refractivity contribution < 1.29 is 20.1 Å².